The van der Waals surface area contributed by atoms with Crippen molar-refractivity contribution in [3.8, 4) is 17.3 Å². The lowest BCUT2D eigenvalue weighted by atomic mass is 9.88. The van der Waals surface area contributed by atoms with Gasteiger partial charge in [0, 0.05) is 43.7 Å². The average molecular weight is 872 g/mol. The number of hydrogen-bond donors (Lipinski definition) is 4. The maximum absolute atomic E-state index is 12.9. The van der Waals surface area contributed by atoms with Crippen LogP contribution in [0.15, 0.2) is 88.2 Å². The lowest BCUT2D eigenvalue weighted by Gasteiger charge is -2.22. The van der Waals surface area contributed by atoms with Crippen LogP contribution in [0.25, 0.3) is 22.7 Å². The molecule has 0 radical (unpaired) electrons. The molecule has 0 bridgehead atoms. The molecule has 0 aliphatic rings. The number of aliphatic hydroxyl groups excluding tert-OH is 1. The zero-order valence-corrected chi connectivity index (χ0v) is 35.9. The summed E-state index contributed by atoms with van der Waals surface area (Å²) >= 11 is 0. The molecule has 338 valence electrons. The van der Waals surface area contributed by atoms with Crippen LogP contribution in [0.1, 0.15) is 42.7 Å². The number of pyridine rings is 1. The van der Waals surface area contributed by atoms with Crippen LogP contribution in [0.4, 0.5) is 5.69 Å². The van der Waals surface area contributed by atoms with E-state index in [1.807, 2.05) is 44.2 Å². The summed E-state index contributed by atoms with van der Waals surface area (Å²) in [5.74, 6) is -0.759. The van der Waals surface area contributed by atoms with Crippen LogP contribution in [0.3, 0.4) is 0 Å². The number of nitrogens with two attached hydrogens (primary N) is 1. The SMILES string of the molecule is CC(C)C[C@H](CC(=O)[C@@H](O)[C@H](N)Cc1ccccc1)C(=O)NCCOCCOCCOCCOCCOc1ccc(C(=O)Nc2ccc3oc(-c4ccc(=O)n(C)n4)nc3c2)nc1. The smallest absolute Gasteiger partial charge is 0.274 e. The summed E-state index contributed by atoms with van der Waals surface area (Å²) in [7, 11) is 1.54. The van der Waals surface area contributed by atoms with E-state index in [2.05, 4.69) is 25.7 Å². The topological polar surface area (TPSA) is 241 Å². The van der Waals surface area contributed by atoms with Gasteiger partial charge in [0.25, 0.3) is 11.5 Å². The first kappa shape index (κ1) is 48.1. The Morgan fingerprint density at radius 2 is 1.54 bits per heavy atom. The largest absolute Gasteiger partial charge is 0.490 e. The molecule has 5 rings (SSSR count). The molecule has 0 aliphatic carbocycles. The van der Waals surface area contributed by atoms with E-state index in [0.717, 1.165) is 5.56 Å². The lowest BCUT2D eigenvalue weighted by molar-refractivity contribution is -0.134. The monoisotopic (exact) mass is 871 g/mol. The maximum Gasteiger partial charge on any atom is 0.274 e. The first-order valence-electron chi connectivity index (χ1n) is 20.9. The molecule has 0 unspecified atom stereocenters. The minimum atomic E-state index is -1.35. The van der Waals surface area contributed by atoms with Crippen molar-refractivity contribution >= 4 is 34.4 Å². The van der Waals surface area contributed by atoms with Crippen molar-refractivity contribution in [1.82, 2.24) is 25.1 Å². The Bertz CT molecular complexity index is 2250. The minimum Gasteiger partial charge on any atom is -0.490 e. The third-order valence-corrected chi connectivity index (χ3v) is 9.58. The second kappa shape index (κ2) is 25.3. The number of oxazole rings is 1. The van der Waals surface area contributed by atoms with Crippen LogP contribution in [0.2, 0.25) is 0 Å². The van der Waals surface area contributed by atoms with Gasteiger partial charge in [0.05, 0.1) is 59.1 Å². The number of carbonyl (C=O) groups excluding carboxylic acids is 3. The van der Waals surface area contributed by atoms with Gasteiger partial charge >= 0.3 is 0 Å². The summed E-state index contributed by atoms with van der Waals surface area (Å²) in [5, 5.41) is 20.4. The van der Waals surface area contributed by atoms with Gasteiger partial charge in [0.15, 0.2) is 11.4 Å². The third kappa shape index (κ3) is 16.1. The molecule has 5 aromatic rings. The maximum atomic E-state index is 12.9. The molecule has 2 amide bonds. The van der Waals surface area contributed by atoms with E-state index in [9.17, 15) is 24.3 Å². The second-order valence-electron chi connectivity index (χ2n) is 15.1. The molecule has 2 aromatic carbocycles. The molecule has 18 heteroatoms. The zero-order chi connectivity index (χ0) is 45.0. The van der Waals surface area contributed by atoms with E-state index in [4.69, 9.17) is 33.8 Å². The Morgan fingerprint density at radius 3 is 2.19 bits per heavy atom. The van der Waals surface area contributed by atoms with Crippen molar-refractivity contribution in [1.29, 1.82) is 0 Å². The van der Waals surface area contributed by atoms with E-state index < -0.39 is 29.8 Å². The number of fused-ring (bicyclic) bond motifs is 1. The number of nitrogens with zero attached hydrogens (tertiary/aromatic N) is 4. The fraction of sp³-hybridized carbons (Fsp3) is 0.444. The average Bonchev–Trinajstić information content (AvgIpc) is 3.70. The van der Waals surface area contributed by atoms with Gasteiger partial charge < -0.3 is 49.6 Å². The van der Waals surface area contributed by atoms with Crippen molar-refractivity contribution in [3.63, 3.8) is 0 Å². The molecule has 0 spiro atoms. The number of aryl methyl sites for hydroxylation is 1. The number of amides is 2. The fourth-order valence-electron chi connectivity index (χ4n) is 6.35. The van der Waals surface area contributed by atoms with Gasteiger partial charge in [0.2, 0.25) is 11.8 Å². The first-order valence-corrected chi connectivity index (χ1v) is 20.9. The van der Waals surface area contributed by atoms with Crippen molar-refractivity contribution in [2.45, 2.75) is 45.3 Å². The summed E-state index contributed by atoms with van der Waals surface area (Å²) < 4.78 is 34.8. The molecular weight excluding hydrogens is 815 g/mol. The number of ketones is 1. The van der Waals surface area contributed by atoms with E-state index in [1.54, 1.807) is 37.4 Å². The first-order chi connectivity index (χ1) is 30.5. The lowest BCUT2D eigenvalue weighted by Crippen LogP contribution is -2.44. The predicted octanol–water partition coefficient (Wildman–Crippen LogP) is 3.35. The summed E-state index contributed by atoms with van der Waals surface area (Å²) in [6, 6.07) is 19.8. The van der Waals surface area contributed by atoms with Crippen LogP contribution in [-0.4, -0.2) is 121 Å². The number of rotatable bonds is 28. The van der Waals surface area contributed by atoms with Crippen LogP contribution in [-0.2, 0) is 42.0 Å². The molecule has 5 N–H and O–H groups in total. The summed E-state index contributed by atoms with van der Waals surface area (Å²) in [4.78, 5) is 58.9. The van der Waals surface area contributed by atoms with Crippen molar-refractivity contribution in [2.24, 2.45) is 24.6 Å². The van der Waals surface area contributed by atoms with Crippen LogP contribution < -0.4 is 26.7 Å². The highest BCUT2D eigenvalue weighted by Gasteiger charge is 2.29. The van der Waals surface area contributed by atoms with E-state index >= 15 is 0 Å². The van der Waals surface area contributed by atoms with Gasteiger partial charge in [-0.05, 0) is 60.7 Å². The van der Waals surface area contributed by atoms with E-state index in [0.29, 0.717) is 87.3 Å². The van der Waals surface area contributed by atoms with E-state index in [-0.39, 0.29) is 55.1 Å². The highest BCUT2D eigenvalue weighted by atomic mass is 16.6. The number of nitrogens with one attached hydrogen (secondary N) is 2. The van der Waals surface area contributed by atoms with Gasteiger partial charge in [-0.1, -0.05) is 44.2 Å². The zero-order valence-electron chi connectivity index (χ0n) is 35.9. The molecule has 0 fully saturated rings. The molecular formula is C45H57N7O11. The molecule has 3 heterocycles. The second-order valence-corrected chi connectivity index (χ2v) is 15.1. The van der Waals surface area contributed by atoms with Crippen molar-refractivity contribution in [2.75, 3.05) is 71.3 Å². The molecule has 3 aromatic heterocycles. The molecule has 0 aliphatic heterocycles. The number of benzene rings is 2. The molecule has 3 atom stereocenters. The fourth-order valence-corrected chi connectivity index (χ4v) is 6.35. The number of Topliss-reactive ketones (excluding diaryl/α,β-unsaturated/α-hetero) is 1. The number of aromatic nitrogens is 4. The summed E-state index contributed by atoms with van der Waals surface area (Å²) in [6.07, 6.45) is 0.890. The van der Waals surface area contributed by atoms with Gasteiger partial charge in [0.1, 0.15) is 35.4 Å². The number of aliphatic hydroxyl groups is 1. The standard InChI is InChI=1S/C45H57N7O11/c1-30(2)25-32(27-39(53)42(55)35(46)26-31-7-5-4-6-8-31)43(56)47-15-16-58-17-18-59-19-20-60-21-22-61-23-24-62-34-10-11-36(48-29-34)44(57)49-33-9-13-40-38(28-33)50-45(63-40)37-12-14-41(54)52(3)51-37/h4-14,28-30,32,35,42,55H,15-27,46H2,1-3H3,(H,47,56)(H,49,57)/t32-,35-,42+/m1/s1. The number of carbonyl (C=O) groups is 3. The molecule has 0 saturated heterocycles. The van der Waals surface area contributed by atoms with E-state index in [1.165, 1.54) is 23.0 Å². The van der Waals surface area contributed by atoms with Crippen LogP contribution in [0, 0.1) is 11.8 Å². The van der Waals surface area contributed by atoms with Gasteiger partial charge in [-0.15, -0.1) is 0 Å². The Kier molecular flexibility index (Phi) is 19.3. The van der Waals surface area contributed by atoms with Gasteiger partial charge in [-0.2, -0.15) is 5.10 Å². The number of anilines is 1. The number of hydrogen-bond acceptors (Lipinski definition) is 15. The molecule has 0 saturated carbocycles. The van der Waals surface area contributed by atoms with Crippen molar-refractivity contribution in [3.05, 3.63) is 101 Å². The summed E-state index contributed by atoms with van der Waals surface area (Å²) in [6.45, 7) is 7.34. The highest BCUT2D eigenvalue weighted by Crippen LogP contribution is 2.25. The molecule has 63 heavy (non-hydrogen) atoms. The third-order valence-electron chi connectivity index (χ3n) is 9.58. The van der Waals surface area contributed by atoms with Crippen LogP contribution in [0.5, 0.6) is 5.75 Å². The minimum absolute atomic E-state index is 0.0834. The summed E-state index contributed by atoms with van der Waals surface area (Å²) in [5.41, 5.74) is 8.91. The Labute approximate surface area is 365 Å². The Hall–Kier alpha value is -5.89. The van der Waals surface area contributed by atoms with Gasteiger partial charge in [-0.25, -0.2) is 14.6 Å². The van der Waals surface area contributed by atoms with Gasteiger partial charge in [-0.3, -0.25) is 19.2 Å². The normalized spacial score (nSPS) is 12.9. The molecule has 18 nitrogen and oxygen atoms in total. The predicted molar refractivity (Wildman–Crippen MR) is 233 cm³/mol. The number of ether oxygens (including phenoxy) is 5. The quantitative estimate of drug-likeness (QED) is 0.0527. The van der Waals surface area contributed by atoms with Crippen LogP contribution >= 0.6 is 0 Å². The Morgan fingerprint density at radius 1 is 0.857 bits per heavy atom. The highest BCUT2D eigenvalue weighted by molar-refractivity contribution is 6.03. The van der Waals surface area contributed by atoms with Crippen molar-refractivity contribution < 1.29 is 47.6 Å². The Balaban J connectivity index is 0.850.